The van der Waals surface area contributed by atoms with Crippen LogP contribution in [0.15, 0.2) is 0 Å². The summed E-state index contributed by atoms with van der Waals surface area (Å²) in [5, 5.41) is 5.68. The van der Waals surface area contributed by atoms with Gasteiger partial charge >= 0.3 is 12.1 Å². The molecule has 4 rings (SSSR count). The highest BCUT2D eigenvalue weighted by atomic mass is 16.6. The standard InChI is InChI=1S/C30H47N3O7/c1-29(2,3)40-28(38)32-22(18-10-8-7-9-11-18)26(36)33-16-19-21(30(19,4)5)23(33)25(35)31-20(15-14-17-12-13-17)24(34)27(37)39-6/h17-23H,7-16H2,1-6H3,(H,31,35)(H,32,38). The van der Waals surface area contributed by atoms with Crippen LogP contribution in [0, 0.1) is 29.1 Å². The average Bonchev–Trinajstić information content (AvgIpc) is 3.75. The Balaban J connectivity index is 1.55. The smallest absolute Gasteiger partial charge is 0.408 e. The van der Waals surface area contributed by atoms with E-state index >= 15 is 0 Å². The minimum absolute atomic E-state index is 0.0467. The van der Waals surface area contributed by atoms with Crippen molar-refractivity contribution in [2.45, 2.75) is 116 Å². The number of fused-ring (bicyclic) bond motifs is 1. The quantitative estimate of drug-likeness (QED) is 0.309. The van der Waals surface area contributed by atoms with Crippen LogP contribution >= 0.6 is 0 Å². The van der Waals surface area contributed by atoms with E-state index < -0.39 is 47.5 Å². The third-order valence-corrected chi connectivity index (χ3v) is 9.40. The van der Waals surface area contributed by atoms with E-state index in [4.69, 9.17) is 4.74 Å². The molecular formula is C30H47N3O7. The maximum absolute atomic E-state index is 14.2. The second kappa shape index (κ2) is 11.7. The van der Waals surface area contributed by atoms with Crippen molar-refractivity contribution in [3.63, 3.8) is 0 Å². The summed E-state index contributed by atoms with van der Waals surface area (Å²) < 4.78 is 10.1. The largest absolute Gasteiger partial charge is 0.463 e. The lowest BCUT2D eigenvalue weighted by Crippen LogP contribution is -2.59. The monoisotopic (exact) mass is 561 g/mol. The number of nitrogens with zero attached hydrogens (tertiary/aromatic N) is 1. The Kier molecular flexibility index (Phi) is 8.85. The van der Waals surface area contributed by atoms with Crippen LogP contribution in [0.5, 0.6) is 0 Å². The number of carbonyl (C=O) groups is 5. The van der Waals surface area contributed by atoms with Crippen molar-refractivity contribution in [2.75, 3.05) is 13.7 Å². The molecule has 5 unspecified atom stereocenters. The fourth-order valence-corrected chi connectivity index (χ4v) is 6.85. The number of rotatable bonds is 10. The number of methoxy groups -OCH3 is 1. The van der Waals surface area contributed by atoms with E-state index in [-0.39, 0.29) is 29.1 Å². The van der Waals surface area contributed by atoms with Crippen LogP contribution in [0.2, 0.25) is 0 Å². The van der Waals surface area contributed by atoms with E-state index in [2.05, 4.69) is 29.2 Å². The van der Waals surface area contributed by atoms with E-state index in [9.17, 15) is 24.0 Å². The molecule has 3 amide bonds. The van der Waals surface area contributed by atoms with Crippen LogP contribution in [-0.2, 0) is 28.7 Å². The molecule has 3 saturated carbocycles. The van der Waals surface area contributed by atoms with E-state index in [0.717, 1.165) is 58.5 Å². The van der Waals surface area contributed by atoms with Gasteiger partial charge in [0, 0.05) is 6.54 Å². The summed E-state index contributed by atoms with van der Waals surface area (Å²) in [7, 11) is 1.15. The average molecular weight is 562 g/mol. The maximum atomic E-state index is 14.2. The van der Waals surface area contributed by atoms with Crippen LogP contribution in [0.1, 0.15) is 92.4 Å². The summed E-state index contributed by atoms with van der Waals surface area (Å²) in [5.41, 5.74) is -0.846. The molecule has 3 aliphatic carbocycles. The third-order valence-electron chi connectivity index (χ3n) is 9.40. The SMILES string of the molecule is COC(=O)C(=O)C(CCC1CC1)NC(=O)C1C2C(CN1C(=O)C(NC(=O)OC(C)(C)C)C1CCCCC1)C2(C)C. The van der Waals surface area contributed by atoms with Gasteiger partial charge in [-0.1, -0.05) is 46.0 Å². The second-order valence-corrected chi connectivity index (χ2v) is 13.8. The van der Waals surface area contributed by atoms with Gasteiger partial charge in [0.1, 0.15) is 17.7 Å². The van der Waals surface area contributed by atoms with E-state index in [1.54, 1.807) is 25.7 Å². The Morgan fingerprint density at radius 2 is 1.62 bits per heavy atom. The molecule has 1 aliphatic heterocycles. The number of likely N-dealkylation sites (tertiary alicyclic amines) is 1. The second-order valence-electron chi connectivity index (χ2n) is 13.8. The van der Waals surface area contributed by atoms with Crippen molar-refractivity contribution < 1.29 is 33.4 Å². The summed E-state index contributed by atoms with van der Waals surface area (Å²) >= 11 is 0. The molecule has 0 aromatic heterocycles. The first-order valence-corrected chi connectivity index (χ1v) is 15.0. The van der Waals surface area contributed by atoms with Crippen molar-refractivity contribution in [1.29, 1.82) is 0 Å². The van der Waals surface area contributed by atoms with Crippen LogP contribution in [-0.4, -0.2) is 71.9 Å². The van der Waals surface area contributed by atoms with Crippen molar-refractivity contribution >= 4 is 29.7 Å². The number of hydrogen-bond donors (Lipinski definition) is 2. The number of carbonyl (C=O) groups excluding carboxylic acids is 5. The molecule has 0 spiro atoms. The zero-order valence-electron chi connectivity index (χ0n) is 24.9. The Morgan fingerprint density at radius 3 is 2.20 bits per heavy atom. The van der Waals surface area contributed by atoms with Gasteiger partial charge in [-0.05, 0) is 75.5 Å². The zero-order chi connectivity index (χ0) is 29.4. The molecular weight excluding hydrogens is 514 g/mol. The summed E-state index contributed by atoms with van der Waals surface area (Å²) in [6.45, 7) is 9.91. The highest BCUT2D eigenvalue weighted by molar-refractivity contribution is 6.36. The number of Topliss-reactive ketones (excluding diaryl/α,β-unsaturated/α-hetero) is 1. The molecule has 1 saturated heterocycles. The van der Waals surface area contributed by atoms with Crippen molar-refractivity contribution in [1.82, 2.24) is 15.5 Å². The zero-order valence-corrected chi connectivity index (χ0v) is 24.9. The molecule has 0 aromatic carbocycles. The van der Waals surface area contributed by atoms with Gasteiger partial charge in [-0.25, -0.2) is 9.59 Å². The minimum atomic E-state index is -0.993. The maximum Gasteiger partial charge on any atom is 0.408 e. The van der Waals surface area contributed by atoms with Gasteiger partial charge in [-0.2, -0.15) is 0 Å². The van der Waals surface area contributed by atoms with Gasteiger partial charge in [-0.3, -0.25) is 14.4 Å². The van der Waals surface area contributed by atoms with Crippen LogP contribution < -0.4 is 10.6 Å². The van der Waals surface area contributed by atoms with Crippen molar-refractivity contribution in [3.05, 3.63) is 0 Å². The molecule has 0 radical (unpaired) electrons. The van der Waals surface area contributed by atoms with Gasteiger partial charge in [0.25, 0.3) is 5.78 Å². The Labute approximate surface area is 237 Å². The normalized spacial score (nSPS) is 27.1. The van der Waals surface area contributed by atoms with Crippen molar-refractivity contribution in [2.24, 2.45) is 29.1 Å². The summed E-state index contributed by atoms with van der Waals surface area (Å²) in [6.07, 6.45) is 7.29. The molecule has 4 aliphatic rings. The summed E-state index contributed by atoms with van der Waals surface area (Å²) in [5.74, 6) is -1.93. The number of ketones is 1. The first-order chi connectivity index (χ1) is 18.7. The molecule has 224 valence electrons. The first-order valence-electron chi connectivity index (χ1n) is 15.0. The molecule has 0 aromatic rings. The number of hydrogen-bond acceptors (Lipinski definition) is 7. The van der Waals surface area contributed by atoms with Gasteiger partial charge in [0.2, 0.25) is 11.8 Å². The molecule has 10 heteroatoms. The summed E-state index contributed by atoms with van der Waals surface area (Å²) in [4.78, 5) is 67.3. The van der Waals surface area contributed by atoms with Crippen molar-refractivity contribution in [3.8, 4) is 0 Å². The lowest BCUT2D eigenvalue weighted by atomic mass is 9.83. The van der Waals surface area contributed by atoms with Crippen LogP contribution in [0.4, 0.5) is 4.79 Å². The lowest BCUT2D eigenvalue weighted by Gasteiger charge is -2.37. The molecule has 0 bridgehead atoms. The van der Waals surface area contributed by atoms with Gasteiger partial charge in [0.05, 0.1) is 13.2 Å². The van der Waals surface area contributed by atoms with Crippen LogP contribution in [0.25, 0.3) is 0 Å². The Morgan fingerprint density at radius 1 is 0.975 bits per heavy atom. The topological polar surface area (TPSA) is 131 Å². The number of alkyl carbamates (subject to hydrolysis) is 1. The minimum Gasteiger partial charge on any atom is -0.463 e. The number of ether oxygens (including phenoxy) is 2. The number of piperidine rings is 1. The molecule has 4 fully saturated rings. The van der Waals surface area contributed by atoms with E-state index in [1.807, 2.05) is 0 Å². The van der Waals surface area contributed by atoms with Gasteiger partial charge < -0.3 is 25.0 Å². The first kappa shape index (κ1) is 30.3. The predicted molar refractivity (Wildman–Crippen MR) is 147 cm³/mol. The third kappa shape index (κ3) is 6.79. The Bertz CT molecular complexity index is 1010. The molecule has 1 heterocycles. The number of amides is 3. The highest BCUT2D eigenvalue weighted by Crippen LogP contribution is 2.65. The molecule has 2 N–H and O–H groups in total. The van der Waals surface area contributed by atoms with Crippen LogP contribution in [0.3, 0.4) is 0 Å². The fourth-order valence-electron chi connectivity index (χ4n) is 6.85. The van der Waals surface area contributed by atoms with E-state index in [1.165, 1.54) is 0 Å². The van der Waals surface area contributed by atoms with Gasteiger partial charge in [-0.15, -0.1) is 0 Å². The predicted octanol–water partition coefficient (Wildman–Crippen LogP) is 3.36. The fraction of sp³-hybridized carbons (Fsp3) is 0.833. The van der Waals surface area contributed by atoms with E-state index in [0.29, 0.717) is 18.9 Å². The Hall–Kier alpha value is -2.65. The molecule has 5 atom stereocenters. The molecule has 40 heavy (non-hydrogen) atoms. The molecule has 10 nitrogen and oxygen atoms in total. The number of nitrogens with one attached hydrogen (secondary N) is 2. The summed E-state index contributed by atoms with van der Waals surface area (Å²) in [6, 6.07) is -2.58. The number of esters is 1. The lowest BCUT2D eigenvalue weighted by molar-refractivity contribution is -0.153. The van der Waals surface area contributed by atoms with Gasteiger partial charge in [0.15, 0.2) is 0 Å². The highest BCUT2D eigenvalue weighted by Gasteiger charge is 2.69.